The number of amides is 2. The first-order valence-electron chi connectivity index (χ1n) is 7.19. The van der Waals surface area contributed by atoms with Crippen LogP contribution in [-0.4, -0.2) is 29.1 Å². The number of hydrogen-bond donors (Lipinski definition) is 2. The Labute approximate surface area is 128 Å². The van der Waals surface area contributed by atoms with Gasteiger partial charge in [0.05, 0.1) is 0 Å². The summed E-state index contributed by atoms with van der Waals surface area (Å²) >= 11 is 0. The van der Waals surface area contributed by atoms with E-state index in [9.17, 15) is 9.59 Å². The molecule has 22 heavy (non-hydrogen) atoms. The van der Waals surface area contributed by atoms with E-state index in [1.54, 1.807) is 12.1 Å². The van der Waals surface area contributed by atoms with E-state index >= 15 is 0 Å². The second-order valence-corrected chi connectivity index (χ2v) is 5.08. The summed E-state index contributed by atoms with van der Waals surface area (Å²) in [6.07, 6.45) is 4.95. The highest BCUT2D eigenvalue weighted by Crippen LogP contribution is 2.12. The quantitative estimate of drug-likeness (QED) is 0.842. The topological polar surface area (TPSA) is 72.4 Å². The van der Waals surface area contributed by atoms with Crippen molar-refractivity contribution in [2.24, 2.45) is 0 Å². The summed E-state index contributed by atoms with van der Waals surface area (Å²) < 4.78 is 7.19. The molecule has 2 aromatic rings. The number of hydrazine groups is 1. The van der Waals surface area contributed by atoms with E-state index < -0.39 is 6.10 Å². The minimum atomic E-state index is -0.462. The minimum absolute atomic E-state index is 0.310. The molecule has 1 aliphatic rings. The number of nitrogens with zero attached hydrogens (tertiary/aromatic N) is 1. The van der Waals surface area contributed by atoms with Crippen LogP contribution in [0.3, 0.4) is 0 Å². The van der Waals surface area contributed by atoms with Crippen LogP contribution in [0.25, 0.3) is 5.69 Å². The number of rotatable bonds is 3. The molecule has 2 N–H and O–H groups in total. The number of carbonyl (C=O) groups excluding carboxylic acids is 2. The standard InChI is InChI=1S/C16H17N3O3/c20-15(17-18-16(21)14-4-3-11-22-14)12-5-7-13(8-6-12)19-9-1-2-10-19/h1-2,5-10,14H,3-4,11H2,(H,17,20)(H,18,21). The average Bonchev–Trinajstić information content (AvgIpc) is 3.25. The highest BCUT2D eigenvalue weighted by molar-refractivity contribution is 5.95. The van der Waals surface area contributed by atoms with Crippen molar-refractivity contribution in [2.75, 3.05) is 6.61 Å². The van der Waals surface area contributed by atoms with Gasteiger partial charge in [-0.1, -0.05) is 0 Å². The lowest BCUT2D eigenvalue weighted by molar-refractivity contribution is -0.130. The zero-order valence-corrected chi connectivity index (χ0v) is 12.0. The van der Waals surface area contributed by atoms with Gasteiger partial charge < -0.3 is 9.30 Å². The number of ether oxygens (including phenoxy) is 1. The molecule has 2 heterocycles. The molecule has 0 bridgehead atoms. The Hall–Kier alpha value is -2.60. The van der Waals surface area contributed by atoms with Crippen molar-refractivity contribution < 1.29 is 14.3 Å². The minimum Gasteiger partial charge on any atom is -0.368 e. The Morgan fingerprint density at radius 2 is 1.82 bits per heavy atom. The van der Waals surface area contributed by atoms with Crippen molar-refractivity contribution in [3.05, 3.63) is 54.4 Å². The smallest absolute Gasteiger partial charge is 0.269 e. The van der Waals surface area contributed by atoms with Crippen molar-refractivity contribution in [2.45, 2.75) is 18.9 Å². The third-order valence-electron chi connectivity index (χ3n) is 3.55. The second-order valence-electron chi connectivity index (χ2n) is 5.08. The fraction of sp³-hybridized carbons (Fsp3) is 0.250. The van der Waals surface area contributed by atoms with Crippen LogP contribution < -0.4 is 10.9 Å². The van der Waals surface area contributed by atoms with Gasteiger partial charge in [-0.2, -0.15) is 0 Å². The molecule has 0 spiro atoms. The summed E-state index contributed by atoms with van der Waals surface area (Å²) in [6, 6.07) is 11.0. The van der Waals surface area contributed by atoms with Crippen LogP contribution in [0.1, 0.15) is 23.2 Å². The Kier molecular flexibility index (Phi) is 4.20. The Morgan fingerprint density at radius 1 is 1.09 bits per heavy atom. The van der Waals surface area contributed by atoms with Gasteiger partial charge in [-0.15, -0.1) is 0 Å². The Balaban J connectivity index is 1.57. The summed E-state index contributed by atoms with van der Waals surface area (Å²) in [4.78, 5) is 23.7. The molecule has 2 amide bonds. The number of nitrogens with one attached hydrogen (secondary N) is 2. The lowest BCUT2D eigenvalue weighted by atomic mass is 10.2. The molecule has 1 saturated heterocycles. The summed E-state index contributed by atoms with van der Waals surface area (Å²) in [5.74, 6) is -0.666. The molecule has 6 heteroatoms. The molecule has 3 rings (SSSR count). The molecule has 0 aliphatic carbocycles. The van der Waals surface area contributed by atoms with Gasteiger partial charge in [-0.25, -0.2) is 0 Å². The van der Waals surface area contributed by atoms with Crippen LogP contribution in [0.2, 0.25) is 0 Å². The van der Waals surface area contributed by atoms with E-state index in [1.807, 2.05) is 41.2 Å². The zero-order valence-electron chi connectivity index (χ0n) is 12.0. The van der Waals surface area contributed by atoms with E-state index in [-0.39, 0.29) is 11.8 Å². The lowest BCUT2D eigenvalue weighted by Crippen LogP contribution is -2.46. The SMILES string of the molecule is O=C(NNC(=O)C1CCCO1)c1ccc(-n2cccc2)cc1. The normalized spacial score (nSPS) is 17.2. The molecule has 1 aliphatic heterocycles. The van der Waals surface area contributed by atoms with E-state index in [1.165, 1.54) is 0 Å². The van der Waals surface area contributed by atoms with E-state index in [0.29, 0.717) is 18.6 Å². The number of hydrogen-bond acceptors (Lipinski definition) is 3. The molecular weight excluding hydrogens is 282 g/mol. The fourth-order valence-electron chi connectivity index (χ4n) is 2.35. The third kappa shape index (κ3) is 3.17. The summed E-state index contributed by atoms with van der Waals surface area (Å²) in [5, 5.41) is 0. The summed E-state index contributed by atoms with van der Waals surface area (Å²) in [5.41, 5.74) is 6.24. The number of aromatic nitrogens is 1. The zero-order chi connectivity index (χ0) is 15.4. The molecule has 114 valence electrons. The van der Waals surface area contributed by atoms with Gasteiger partial charge in [-0.05, 0) is 49.2 Å². The van der Waals surface area contributed by atoms with Crippen LogP contribution >= 0.6 is 0 Å². The van der Waals surface area contributed by atoms with Gasteiger partial charge in [0.2, 0.25) is 0 Å². The first-order valence-corrected chi connectivity index (χ1v) is 7.19. The largest absolute Gasteiger partial charge is 0.368 e. The number of carbonyl (C=O) groups is 2. The van der Waals surface area contributed by atoms with Gasteiger partial charge in [-0.3, -0.25) is 20.4 Å². The van der Waals surface area contributed by atoms with Crippen molar-refractivity contribution >= 4 is 11.8 Å². The molecule has 0 saturated carbocycles. The second kappa shape index (κ2) is 6.44. The highest BCUT2D eigenvalue weighted by Gasteiger charge is 2.23. The van der Waals surface area contributed by atoms with Crippen molar-refractivity contribution in [1.82, 2.24) is 15.4 Å². The average molecular weight is 299 g/mol. The maximum Gasteiger partial charge on any atom is 0.269 e. The predicted molar refractivity (Wildman–Crippen MR) is 80.4 cm³/mol. The van der Waals surface area contributed by atoms with Gasteiger partial charge in [0.1, 0.15) is 6.10 Å². The van der Waals surface area contributed by atoms with Crippen LogP contribution in [0.4, 0.5) is 0 Å². The van der Waals surface area contributed by atoms with Gasteiger partial charge in [0.25, 0.3) is 11.8 Å². The van der Waals surface area contributed by atoms with Crippen LogP contribution in [0.15, 0.2) is 48.8 Å². The summed E-state index contributed by atoms with van der Waals surface area (Å²) in [6.45, 7) is 0.590. The van der Waals surface area contributed by atoms with E-state index in [0.717, 1.165) is 12.1 Å². The fourth-order valence-corrected chi connectivity index (χ4v) is 2.35. The molecular formula is C16H17N3O3. The predicted octanol–water partition coefficient (Wildman–Crippen LogP) is 1.42. The van der Waals surface area contributed by atoms with Crippen molar-refractivity contribution in [1.29, 1.82) is 0 Å². The summed E-state index contributed by atoms with van der Waals surface area (Å²) in [7, 11) is 0. The van der Waals surface area contributed by atoms with Crippen molar-refractivity contribution in [3.63, 3.8) is 0 Å². The Bertz CT molecular complexity index is 644. The van der Waals surface area contributed by atoms with Crippen LogP contribution in [0.5, 0.6) is 0 Å². The van der Waals surface area contributed by atoms with Crippen LogP contribution in [-0.2, 0) is 9.53 Å². The lowest BCUT2D eigenvalue weighted by Gasteiger charge is -2.11. The molecule has 1 aromatic carbocycles. The maximum atomic E-state index is 12.0. The molecule has 0 radical (unpaired) electrons. The monoisotopic (exact) mass is 299 g/mol. The van der Waals surface area contributed by atoms with E-state index in [2.05, 4.69) is 10.9 Å². The van der Waals surface area contributed by atoms with Crippen LogP contribution in [0, 0.1) is 0 Å². The first kappa shape index (κ1) is 14.3. The maximum absolute atomic E-state index is 12.0. The molecule has 1 fully saturated rings. The first-order chi connectivity index (χ1) is 10.7. The third-order valence-corrected chi connectivity index (χ3v) is 3.55. The van der Waals surface area contributed by atoms with Gasteiger partial charge in [0, 0.05) is 30.3 Å². The van der Waals surface area contributed by atoms with E-state index in [4.69, 9.17) is 4.74 Å². The molecule has 6 nitrogen and oxygen atoms in total. The molecule has 1 unspecified atom stereocenters. The highest BCUT2D eigenvalue weighted by atomic mass is 16.5. The molecule has 1 aromatic heterocycles. The van der Waals surface area contributed by atoms with Crippen molar-refractivity contribution in [3.8, 4) is 5.69 Å². The number of benzene rings is 1. The van der Waals surface area contributed by atoms with Gasteiger partial charge in [0.15, 0.2) is 0 Å². The Morgan fingerprint density at radius 3 is 2.45 bits per heavy atom. The molecule has 1 atom stereocenters. The van der Waals surface area contributed by atoms with Gasteiger partial charge >= 0.3 is 0 Å².